The number of para-hydroxylation sites is 1. The van der Waals surface area contributed by atoms with E-state index in [1.165, 1.54) is 0 Å². The van der Waals surface area contributed by atoms with Crippen LogP contribution in [0.2, 0.25) is 0 Å². The van der Waals surface area contributed by atoms with Gasteiger partial charge >= 0.3 is 0 Å². The van der Waals surface area contributed by atoms with E-state index in [1.54, 1.807) is 11.0 Å². The Bertz CT molecular complexity index is 1650. The van der Waals surface area contributed by atoms with Crippen molar-refractivity contribution in [1.82, 2.24) is 25.0 Å². The number of hydrogen-bond acceptors (Lipinski definition) is 6. The Labute approximate surface area is 277 Å². The molecule has 4 heterocycles. The first-order valence-electron chi connectivity index (χ1n) is 18.0. The first-order chi connectivity index (χ1) is 22.5. The molecular formula is C38H49N5O4. The maximum atomic E-state index is 13.8. The highest BCUT2D eigenvalue weighted by atomic mass is 16.3. The average molecular weight is 640 g/mol. The van der Waals surface area contributed by atoms with Crippen molar-refractivity contribution in [3.63, 3.8) is 0 Å². The van der Waals surface area contributed by atoms with Gasteiger partial charge in [0.25, 0.3) is 11.8 Å². The van der Waals surface area contributed by atoms with Crippen molar-refractivity contribution in [2.75, 3.05) is 32.7 Å². The van der Waals surface area contributed by atoms with Crippen molar-refractivity contribution < 1.29 is 19.5 Å². The summed E-state index contributed by atoms with van der Waals surface area (Å²) in [6, 6.07) is 11.1. The first kappa shape index (κ1) is 30.8. The lowest BCUT2D eigenvalue weighted by Crippen LogP contribution is -2.62. The molecule has 0 bridgehead atoms. The fourth-order valence-corrected chi connectivity index (χ4v) is 10.9. The number of pyridine rings is 1. The second-order valence-corrected chi connectivity index (χ2v) is 16.0. The van der Waals surface area contributed by atoms with Crippen molar-refractivity contribution in [3.8, 4) is 0 Å². The SMILES string of the molecule is C[C@]12C=C(N3CCN(C(=O)[C@@H]4CCCN4C(=O)c4ccc5ccccc5n4)CC3)C(=O)N[C@@H]1CC[C@@H]1[C@@H]2CC[C@@]2(C)[C@H]1CC[C@]2(C)O. The van der Waals surface area contributed by atoms with E-state index in [2.05, 4.69) is 35.1 Å². The highest BCUT2D eigenvalue weighted by Gasteiger charge is 2.63. The van der Waals surface area contributed by atoms with Crippen LogP contribution in [0.5, 0.6) is 0 Å². The average Bonchev–Trinajstić information content (AvgIpc) is 3.66. The van der Waals surface area contributed by atoms with Crippen LogP contribution >= 0.6 is 0 Å². The number of amides is 3. The van der Waals surface area contributed by atoms with Gasteiger partial charge in [-0.15, -0.1) is 0 Å². The molecule has 2 aromatic rings. The third-order valence-corrected chi connectivity index (χ3v) is 13.9. The molecule has 9 heteroatoms. The van der Waals surface area contributed by atoms with Gasteiger partial charge in [-0.25, -0.2) is 4.98 Å². The van der Waals surface area contributed by atoms with Crippen LogP contribution in [-0.4, -0.2) is 92.9 Å². The molecule has 250 valence electrons. The molecule has 1 aromatic carbocycles. The summed E-state index contributed by atoms with van der Waals surface area (Å²) in [6.45, 7) is 9.52. The van der Waals surface area contributed by atoms with Gasteiger partial charge in [-0.1, -0.05) is 38.1 Å². The van der Waals surface area contributed by atoms with E-state index in [1.807, 2.05) is 42.2 Å². The van der Waals surface area contributed by atoms with Crippen LogP contribution < -0.4 is 5.32 Å². The smallest absolute Gasteiger partial charge is 0.273 e. The molecule has 5 fully saturated rings. The molecule has 1 aromatic heterocycles. The van der Waals surface area contributed by atoms with Crippen molar-refractivity contribution in [1.29, 1.82) is 0 Å². The largest absolute Gasteiger partial charge is 0.390 e. The standard InChI is InChI=1S/C38H49N5O4/c1-36-23-31(33(44)40-32(36)13-11-25-26(36)14-16-37(2)27(25)15-17-38(37,3)47)41-19-21-42(22-20-41)35(46)30-9-6-18-43(30)34(45)29-12-10-24-7-4-5-8-28(24)39-29/h4-5,7-8,10,12,23,25-27,30,32,47H,6,9,11,13-22H2,1-3H3,(H,40,44)/t25-,26+,27+,30+,32-,36-,37+,38+/m1/s1. The zero-order valence-electron chi connectivity index (χ0n) is 28.1. The molecule has 6 aliphatic rings. The number of carbonyl (C=O) groups is 3. The summed E-state index contributed by atoms with van der Waals surface area (Å²) in [5, 5.41) is 15.7. The second kappa shape index (κ2) is 11.0. The van der Waals surface area contributed by atoms with E-state index in [0.29, 0.717) is 62.6 Å². The molecule has 9 nitrogen and oxygen atoms in total. The summed E-state index contributed by atoms with van der Waals surface area (Å²) in [4.78, 5) is 51.3. The van der Waals surface area contributed by atoms with Crippen LogP contribution in [-0.2, 0) is 9.59 Å². The van der Waals surface area contributed by atoms with E-state index in [-0.39, 0.29) is 34.6 Å². The van der Waals surface area contributed by atoms with E-state index in [9.17, 15) is 19.5 Å². The summed E-state index contributed by atoms with van der Waals surface area (Å²) >= 11 is 0. The number of likely N-dealkylation sites (tertiary alicyclic amines) is 1. The zero-order chi connectivity index (χ0) is 32.7. The van der Waals surface area contributed by atoms with Gasteiger partial charge in [-0.2, -0.15) is 0 Å². The van der Waals surface area contributed by atoms with Gasteiger partial charge in [0.2, 0.25) is 5.91 Å². The monoisotopic (exact) mass is 639 g/mol. The van der Waals surface area contributed by atoms with Crippen molar-refractivity contribution >= 4 is 28.6 Å². The summed E-state index contributed by atoms with van der Waals surface area (Å²) in [6.07, 6.45) is 9.93. The quantitative estimate of drug-likeness (QED) is 0.517. The van der Waals surface area contributed by atoms with Crippen LogP contribution in [0.15, 0.2) is 48.2 Å². The number of rotatable bonds is 3. The van der Waals surface area contributed by atoms with Gasteiger partial charge < -0.3 is 25.1 Å². The Hall–Kier alpha value is -3.46. The van der Waals surface area contributed by atoms with Crippen molar-refractivity contribution in [2.24, 2.45) is 28.6 Å². The molecule has 3 aliphatic carbocycles. The van der Waals surface area contributed by atoms with E-state index in [0.717, 1.165) is 61.5 Å². The number of hydrogen-bond donors (Lipinski definition) is 2. The molecule has 0 spiro atoms. The number of piperazine rings is 1. The minimum Gasteiger partial charge on any atom is -0.390 e. The molecule has 3 aliphatic heterocycles. The number of nitrogens with zero attached hydrogens (tertiary/aromatic N) is 4. The number of fused-ring (bicyclic) bond motifs is 6. The summed E-state index contributed by atoms with van der Waals surface area (Å²) in [7, 11) is 0. The Morgan fingerprint density at radius 1 is 0.894 bits per heavy atom. The lowest BCUT2D eigenvalue weighted by Gasteiger charge is -2.60. The number of carbonyl (C=O) groups excluding carboxylic acids is 3. The van der Waals surface area contributed by atoms with Crippen LogP contribution in [0.1, 0.15) is 82.6 Å². The van der Waals surface area contributed by atoms with Gasteiger partial charge in [0.15, 0.2) is 0 Å². The third kappa shape index (κ3) is 4.73. The normalized spacial score (nSPS) is 38.4. The van der Waals surface area contributed by atoms with Gasteiger partial charge in [0, 0.05) is 49.6 Å². The summed E-state index contributed by atoms with van der Waals surface area (Å²) < 4.78 is 0. The molecule has 3 amide bonds. The van der Waals surface area contributed by atoms with Crippen LogP contribution in [0.4, 0.5) is 0 Å². The Balaban J connectivity index is 0.955. The van der Waals surface area contributed by atoms with Crippen molar-refractivity contribution in [3.05, 3.63) is 53.9 Å². The summed E-state index contributed by atoms with van der Waals surface area (Å²) in [5.74, 6) is 1.38. The van der Waals surface area contributed by atoms with Crippen LogP contribution in [0, 0.1) is 28.6 Å². The van der Waals surface area contributed by atoms with Gasteiger partial charge in [0.05, 0.1) is 16.8 Å². The van der Waals surface area contributed by atoms with Gasteiger partial charge in [0.1, 0.15) is 11.7 Å². The lowest BCUT2D eigenvalue weighted by atomic mass is 9.47. The molecular weight excluding hydrogens is 590 g/mol. The Morgan fingerprint density at radius 2 is 1.66 bits per heavy atom. The first-order valence-corrected chi connectivity index (χ1v) is 18.0. The minimum atomic E-state index is -0.602. The topological polar surface area (TPSA) is 106 Å². The molecule has 3 saturated carbocycles. The highest BCUT2D eigenvalue weighted by molar-refractivity contribution is 5.98. The van der Waals surface area contributed by atoms with E-state index >= 15 is 0 Å². The fraction of sp³-hybridized carbons (Fsp3) is 0.632. The predicted octanol–water partition coefficient (Wildman–Crippen LogP) is 4.36. The molecule has 47 heavy (non-hydrogen) atoms. The number of aliphatic hydroxyl groups is 1. The number of nitrogens with one attached hydrogen (secondary N) is 1. The predicted molar refractivity (Wildman–Crippen MR) is 179 cm³/mol. The van der Waals surface area contributed by atoms with Crippen LogP contribution in [0.3, 0.4) is 0 Å². The fourth-order valence-electron chi connectivity index (χ4n) is 10.9. The second-order valence-electron chi connectivity index (χ2n) is 16.0. The maximum Gasteiger partial charge on any atom is 0.273 e. The zero-order valence-corrected chi connectivity index (χ0v) is 28.1. The Kier molecular flexibility index (Phi) is 7.25. The molecule has 2 N–H and O–H groups in total. The highest BCUT2D eigenvalue weighted by Crippen LogP contribution is 2.66. The molecule has 0 unspecified atom stereocenters. The minimum absolute atomic E-state index is 0.00165. The van der Waals surface area contributed by atoms with Gasteiger partial charge in [-0.05, 0) is 99.7 Å². The Morgan fingerprint density at radius 3 is 2.47 bits per heavy atom. The van der Waals surface area contributed by atoms with Crippen molar-refractivity contribution in [2.45, 2.75) is 89.8 Å². The molecule has 8 atom stereocenters. The maximum absolute atomic E-state index is 13.8. The van der Waals surface area contributed by atoms with E-state index in [4.69, 9.17) is 0 Å². The van der Waals surface area contributed by atoms with E-state index < -0.39 is 11.6 Å². The number of benzene rings is 1. The molecule has 2 saturated heterocycles. The molecule has 8 rings (SSSR count). The summed E-state index contributed by atoms with van der Waals surface area (Å²) in [5.41, 5.74) is 1.14. The van der Waals surface area contributed by atoms with Crippen LogP contribution in [0.25, 0.3) is 10.9 Å². The lowest BCUT2D eigenvalue weighted by molar-refractivity contribution is -0.137. The third-order valence-electron chi connectivity index (χ3n) is 13.9. The number of aromatic nitrogens is 1. The van der Waals surface area contributed by atoms with Gasteiger partial charge in [-0.3, -0.25) is 14.4 Å². The molecule has 0 radical (unpaired) electrons.